The summed E-state index contributed by atoms with van der Waals surface area (Å²) in [5, 5.41) is 15.9. The molecule has 0 saturated carbocycles. The summed E-state index contributed by atoms with van der Waals surface area (Å²) in [7, 11) is 3.84. The predicted octanol–water partition coefficient (Wildman–Crippen LogP) is 4.61. The van der Waals surface area contributed by atoms with Crippen LogP contribution in [0.1, 0.15) is 26.4 Å². The monoisotopic (exact) mass is 517 g/mol. The molecule has 0 radical (unpaired) electrons. The standard InChI is InChI=1S/C27H23N3O8/c1-35-22-15-17(13-14-21(22)38-16-18-9-7-8-12-20(18)30(33)34)24-23(26(31)36-2)25(27(32)37-3)29(28-24)19-10-5-4-6-11-19/h4-15H,16H2,1-3H3. The fourth-order valence-corrected chi connectivity index (χ4v) is 3.86. The van der Waals surface area contributed by atoms with Crippen LogP contribution in [0.25, 0.3) is 16.9 Å². The van der Waals surface area contributed by atoms with E-state index >= 15 is 0 Å². The van der Waals surface area contributed by atoms with E-state index in [1.54, 1.807) is 66.7 Å². The van der Waals surface area contributed by atoms with Crippen LogP contribution >= 0.6 is 0 Å². The first-order chi connectivity index (χ1) is 18.4. The van der Waals surface area contributed by atoms with Crippen molar-refractivity contribution in [2.75, 3.05) is 21.3 Å². The lowest BCUT2D eigenvalue weighted by Crippen LogP contribution is -2.15. The molecule has 0 aliphatic rings. The number of benzene rings is 3. The predicted molar refractivity (Wildman–Crippen MR) is 136 cm³/mol. The van der Waals surface area contributed by atoms with Crippen LogP contribution in [0, 0.1) is 10.1 Å². The number of methoxy groups -OCH3 is 3. The van der Waals surface area contributed by atoms with Crippen molar-refractivity contribution in [1.29, 1.82) is 0 Å². The Labute approximate surface area is 217 Å². The molecule has 194 valence electrons. The average molecular weight is 517 g/mol. The van der Waals surface area contributed by atoms with Gasteiger partial charge in [-0.15, -0.1) is 0 Å². The summed E-state index contributed by atoms with van der Waals surface area (Å²) in [4.78, 5) is 36.5. The molecule has 3 aromatic carbocycles. The molecular weight excluding hydrogens is 494 g/mol. The molecule has 4 aromatic rings. The molecule has 0 bridgehead atoms. The van der Waals surface area contributed by atoms with Crippen LogP contribution in [0.4, 0.5) is 5.69 Å². The van der Waals surface area contributed by atoms with Gasteiger partial charge in [0.25, 0.3) is 5.69 Å². The maximum Gasteiger partial charge on any atom is 0.357 e. The van der Waals surface area contributed by atoms with Crippen LogP contribution in [0.2, 0.25) is 0 Å². The highest BCUT2D eigenvalue weighted by Gasteiger charge is 2.31. The number of nitrogens with zero attached hydrogens (tertiary/aromatic N) is 3. The van der Waals surface area contributed by atoms with Crippen molar-refractivity contribution in [3.8, 4) is 28.4 Å². The van der Waals surface area contributed by atoms with Crippen LogP contribution in [0.5, 0.6) is 11.5 Å². The molecule has 0 unspecified atom stereocenters. The van der Waals surface area contributed by atoms with Gasteiger partial charge >= 0.3 is 11.9 Å². The van der Waals surface area contributed by atoms with E-state index in [0.717, 1.165) is 0 Å². The Morgan fingerprint density at radius 3 is 2.24 bits per heavy atom. The van der Waals surface area contributed by atoms with Crippen molar-refractivity contribution in [2.24, 2.45) is 0 Å². The second kappa shape index (κ2) is 11.2. The Kier molecular flexibility index (Phi) is 7.66. The summed E-state index contributed by atoms with van der Waals surface area (Å²) in [6, 6.07) is 19.8. The molecule has 11 nitrogen and oxygen atoms in total. The largest absolute Gasteiger partial charge is 0.493 e. The van der Waals surface area contributed by atoms with Gasteiger partial charge in [0.05, 0.1) is 37.5 Å². The van der Waals surface area contributed by atoms with Gasteiger partial charge in [0.15, 0.2) is 17.2 Å². The van der Waals surface area contributed by atoms with E-state index in [1.165, 1.54) is 32.1 Å². The van der Waals surface area contributed by atoms with Gasteiger partial charge in [0.1, 0.15) is 17.9 Å². The summed E-state index contributed by atoms with van der Waals surface area (Å²) in [6.45, 7) is -0.0740. The zero-order chi connectivity index (χ0) is 27.2. The molecule has 0 atom stereocenters. The Morgan fingerprint density at radius 2 is 1.58 bits per heavy atom. The average Bonchev–Trinajstić information content (AvgIpc) is 3.36. The maximum atomic E-state index is 12.9. The van der Waals surface area contributed by atoms with Crippen molar-refractivity contribution < 1.29 is 33.5 Å². The van der Waals surface area contributed by atoms with Crippen molar-refractivity contribution in [2.45, 2.75) is 6.61 Å². The van der Waals surface area contributed by atoms with Gasteiger partial charge in [-0.25, -0.2) is 14.3 Å². The quantitative estimate of drug-likeness (QED) is 0.177. The second-order valence-corrected chi connectivity index (χ2v) is 7.84. The molecule has 0 aliphatic heterocycles. The first-order valence-corrected chi connectivity index (χ1v) is 11.3. The molecule has 38 heavy (non-hydrogen) atoms. The smallest absolute Gasteiger partial charge is 0.357 e. The minimum Gasteiger partial charge on any atom is -0.493 e. The first kappa shape index (κ1) is 25.9. The van der Waals surface area contributed by atoms with E-state index in [-0.39, 0.29) is 35.0 Å². The van der Waals surface area contributed by atoms with Crippen molar-refractivity contribution in [1.82, 2.24) is 9.78 Å². The minimum atomic E-state index is -0.779. The van der Waals surface area contributed by atoms with Gasteiger partial charge < -0.3 is 18.9 Å². The Balaban J connectivity index is 1.79. The van der Waals surface area contributed by atoms with Crippen LogP contribution in [0.3, 0.4) is 0 Å². The number of carbonyl (C=O) groups is 2. The number of para-hydroxylation sites is 2. The highest BCUT2D eigenvalue weighted by Crippen LogP contribution is 2.36. The summed E-state index contributed by atoms with van der Waals surface area (Å²) >= 11 is 0. The summed E-state index contributed by atoms with van der Waals surface area (Å²) in [5.41, 5.74) is 1.26. The third kappa shape index (κ3) is 5.03. The van der Waals surface area contributed by atoms with E-state index in [1.807, 2.05) is 0 Å². The van der Waals surface area contributed by atoms with Crippen LogP contribution in [-0.2, 0) is 16.1 Å². The van der Waals surface area contributed by atoms with Gasteiger partial charge in [-0.3, -0.25) is 10.1 Å². The molecule has 0 amide bonds. The molecule has 0 fully saturated rings. The Hall–Kier alpha value is -5.19. The van der Waals surface area contributed by atoms with Gasteiger partial charge in [-0.2, -0.15) is 5.10 Å². The number of ether oxygens (including phenoxy) is 4. The van der Waals surface area contributed by atoms with Crippen molar-refractivity contribution in [3.63, 3.8) is 0 Å². The zero-order valence-corrected chi connectivity index (χ0v) is 20.7. The topological polar surface area (TPSA) is 132 Å². The summed E-state index contributed by atoms with van der Waals surface area (Å²) in [5.74, 6) is -0.960. The van der Waals surface area contributed by atoms with E-state index in [2.05, 4.69) is 5.10 Å². The molecule has 0 spiro atoms. The number of hydrogen-bond donors (Lipinski definition) is 0. The van der Waals surface area contributed by atoms with Gasteiger partial charge in [-0.1, -0.05) is 30.3 Å². The third-order valence-electron chi connectivity index (χ3n) is 5.66. The van der Waals surface area contributed by atoms with E-state index in [9.17, 15) is 19.7 Å². The van der Waals surface area contributed by atoms with Crippen LogP contribution < -0.4 is 9.47 Å². The highest BCUT2D eigenvalue weighted by atomic mass is 16.6. The van der Waals surface area contributed by atoms with Crippen LogP contribution in [0.15, 0.2) is 72.8 Å². The molecule has 1 aromatic heterocycles. The van der Waals surface area contributed by atoms with Crippen molar-refractivity contribution >= 4 is 17.6 Å². The fraction of sp³-hybridized carbons (Fsp3) is 0.148. The molecule has 0 N–H and O–H groups in total. The van der Waals surface area contributed by atoms with E-state index in [4.69, 9.17) is 18.9 Å². The molecule has 0 saturated heterocycles. The normalized spacial score (nSPS) is 10.5. The Bertz CT molecular complexity index is 1500. The second-order valence-electron chi connectivity index (χ2n) is 7.84. The lowest BCUT2D eigenvalue weighted by molar-refractivity contribution is -0.385. The third-order valence-corrected chi connectivity index (χ3v) is 5.66. The number of rotatable bonds is 9. The molecule has 4 rings (SSSR count). The lowest BCUT2D eigenvalue weighted by Gasteiger charge is -2.12. The molecular formula is C27H23N3O8. The number of nitro benzene ring substituents is 1. The van der Waals surface area contributed by atoms with Gasteiger partial charge in [0.2, 0.25) is 0 Å². The van der Waals surface area contributed by atoms with Crippen molar-refractivity contribution in [3.05, 3.63) is 99.7 Å². The lowest BCUT2D eigenvalue weighted by atomic mass is 10.0. The minimum absolute atomic E-state index is 0.0624. The first-order valence-electron chi connectivity index (χ1n) is 11.3. The molecule has 1 heterocycles. The summed E-state index contributed by atoms with van der Waals surface area (Å²) in [6.07, 6.45) is 0. The van der Waals surface area contributed by atoms with Gasteiger partial charge in [-0.05, 0) is 36.4 Å². The fourth-order valence-electron chi connectivity index (χ4n) is 3.86. The van der Waals surface area contributed by atoms with E-state index in [0.29, 0.717) is 22.6 Å². The number of nitro groups is 1. The molecule has 0 aliphatic carbocycles. The molecule has 11 heteroatoms. The maximum absolute atomic E-state index is 12.9. The number of aromatic nitrogens is 2. The number of carbonyl (C=O) groups excluding carboxylic acids is 2. The van der Waals surface area contributed by atoms with E-state index < -0.39 is 16.9 Å². The zero-order valence-electron chi connectivity index (χ0n) is 20.7. The Morgan fingerprint density at radius 1 is 0.895 bits per heavy atom. The van der Waals surface area contributed by atoms with Gasteiger partial charge in [0, 0.05) is 11.6 Å². The highest BCUT2D eigenvalue weighted by molar-refractivity contribution is 6.06. The number of esters is 2. The summed E-state index contributed by atoms with van der Waals surface area (Å²) < 4.78 is 22.6. The SMILES string of the molecule is COC(=O)c1c(-c2ccc(OCc3ccccc3[N+](=O)[O-])c(OC)c2)nn(-c2ccccc2)c1C(=O)OC. The number of hydrogen-bond acceptors (Lipinski definition) is 9. The van der Waals surface area contributed by atoms with Crippen LogP contribution in [-0.4, -0.2) is 48.0 Å².